The topological polar surface area (TPSA) is 837 Å². The molecule has 9 aliphatic heterocycles. The van der Waals surface area contributed by atoms with Gasteiger partial charge in [0.25, 0.3) is 5.79 Å². The number of rotatable bonds is 32. The van der Waals surface area contributed by atoms with Crippen LogP contribution in [0.4, 0.5) is 0 Å². The molecule has 0 aromatic rings. The van der Waals surface area contributed by atoms with Gasteiger partial charge in [0.1, 0.15) is 213 Å². The number of hydrogen-bond acceptors (Lipinski definition) is 48. The summed E-state index contributed by atoms with van der Waals surface area (Å²) in [5.74, 6) is -8.75. The normalized spacial score (nSPS) is 47.6. The summed E-state index contributed by atoms with van der Waals surface area (Å²) in [6.45, 7) is -6.52. The molecule has 9 rings (SSSR count). The number of aliphatic hydroxyl groups is 26. The van der Waals surface area contributed by atoms with Crippen LogP contribution in [0.1, 0.15) is 34.1 Å². The van der Waals surface area contributed by atoms with E-state index >= 15 is 0 Å². The van der Waals surface area contributed by atoms with Gasteiger partial charge >= 0.3 is 5.97 Å². The van der Waals surface area contributed by atoms with E-state index < -0.39 is 377 Å². The van der Waals surface area contributed by atoms with Crippen LogP contribution in [0.3, 0.4) is 0 Å². The third-order valence-corrected chi connectivity index (χ3v) is 21.3. The first-order valence-electron chi connectivity index (χ1n) is 37.3. The lowest BCUT2D eigenvalue weighted by Gasteiger charge is -2.51. The minimum absolute atomic E-state index is 0.793. The van der Waals surface area contributed by atoms with Gasteiger partial charge in [-0.2, -0.15) is 0 Å². The molecule has 9 heterocycles. The van der Waals surface area contributed by atoms with Crippen LogP contribution < -0.4 is 21.3 Å². The molecule has 46 atom stereocenters. The molecule has 0 bridgehead atoms. The number of carbonyl (C=O) groups is 5. The van der Waals surface area contributed by atoms with Gasteiger partial charge in [-0.3, -0.25) is 19.2 Å². The first kappa shape index (κ1) is 97.4. The number of carbonyl (C=O) groups excluding carboxylic acids is 4. The molecule has 682 valence electrons. The van der Waals surface area contributed by atoms with Crippen molar-refractivity contribution in [2.75, 3.05) is 59.5 Å². The Balaban J connectivity index is 1.00. The number of amides is 4. The molecule has 0 spiro atoms. The average Bonchev–Trinajstić information content (AvgIpc) is 0.765. The Bertz CT molecular complexity index is 3210. The number of ether oxygens (including phenoxy) is 17. The maximum Gasteiger partial charge on any atom is 0.364 e. The zero-order valence-corrected chi connectivity index (χ0v) is 63.1. The quantitative estimate of drug-likeness (QED) is 0.0297. The molecule has 31 N–H and O–H groups in total. The van der Waals surface area contributed by atoms with Crippen molar-refractivity contribution in [2.45, 2.75) is 316 Å². The number of carboxylic acid groups (broad SMARTS) is 1. The van der Waals surface area contributed by atoms with E-state index in [9.17, 15) is 162 Å². The largest absolute Gasteiger partial charge is 0.477 e. The fraction of sp³-hybridized carbons (Fsp3) is 0.923. The van der Waals surface area contributed by atoms with Crippen molar-refractivity contribution in [1.82, 2.24) is 21.3 Å². The highest BCUT2D eigenvalue weighted by Crippen LogP contribution is 2.41. The van der Waals surface area contributed by atoms with Gasteiger partial charge in [0.05, 0.1) is 71.6 Å². The van der Waals surface area contributed by atoms with Gasteiger partial charge in [0.2, 0.25) is 23.6 Å². The predicted molar refractivity (Wildman–Crippen MR) is 361 cm³/mol. The lowest BCUT2D eigenvalue weighted by molar-refractivity contribution is -0.398. The second kappa shape index (κ2) is 42.1. The van der Waals surface area contributed by atoms with Crippen LogP contribution in [0.5, 0.6) is 0 Å². The van der Waals surface area contributed by atoms with Gasteiger partial charge in [-0.15, -0.1) is 0 Å². The minimum atomic E-state index is -3.09. The van der Waals surface area contributed by atoms with Crippen molar-refractivity contribution in [2.24, 2.45) is 0 Å². The Kier molecular flexibility index (Phi) is 34.7. The van der Waals surface area contributed by atoms with Crippen molar-refractivity contribution in [3.8, 4) is 0 Å². The molecule has 0 radical (unpaired) electrons. The van der Waals surface area contributed by atoms with Crippen LogP contribution in [0.25, 0.3) is 0 Å². The van der Waals surface area contributed by atoms with E-state index in [1.165, 1.54) is 0 Å². The van der Waals surface area contributed by atoms with Gasteiger partial charge in [-0.25, -0.2) is 4.79 Å². The van der Waals surface area contributed by atoms with Crippen molar-refractivity contribution in [3.05, 3.63) is 0 Å². The van der Waals surface area contributed by atoms with Crippen molar-refractivity contribution in [1.29, 1.82) is 0 Å². The molecule has 0 saturated carbocycles. The maximum atomic E-state index is 13.1. The number of nitrogens with one attached hydrogen (secondary N) is 4. The summed E-state index contributed by atoms with van der Waals surface area (Å²) < 4.78 is 99.4. The van der Waals surface area contributed by atoms with Crippen LogP contribution >= 0.6 is 0 Å². The first-order chi connectivity index (χ1) is 55.6. The molecule has 0 aliphatic carbocycles. The van der Waals surface area contributed by atoms with Gasteiger partial charge in [0, 0.05) is 34.1 Å². The molecule has 0 unspecified atom stereocenters. The highest BCUT2D eigenvalue weighted by atomic mass is 16.8. The number of aliphatic carboxylic acids is 1. The molecular formula is C65H108N4O49. The molecule has 53 heteroatoms. The average molecular weight is 1730 g/mol. The fourth-order valence-corrected chi connectivity index (χ4v) is 15.1. The second-order valence-electron chi connectivity index (χ2n) is 29.6. The highest BCUT2D eigenvalue weighted by Gasteiger charge is 2.62. The molecule has 9 saturated heterocycles. The second-order valence-corrected chi connectivity index (χ2v) is 29.6. The zero-order valence-electron chi connectivity index (χ0n) is 63.1. The summed E-state index contributed by atoms with van der Waals surface area (Å²) in [7, 11) is 0. The molecule has 118 heavy (non-hydrogen) atoms. The third kappa shape index (κ3) is 21.4. The highest BCUT2D eigenvalue weighted by molar-refractivity contribution is 5.77. The van der Waals surface area contributed by atoms with Crippen molar-refractivity contribution >= 4 is 29.6 Å². The molecule has 0 aromatic carbocycles. The molecule has 9 fully saturated rings. The van der Waals surface area contributed by atoms with Crippen LogP contribution in [0.15, 0.2) is 0 Å². The SMILES string of the molecule is CC(=O)N[C@@H]1[C@@H](O)[C@H](O[C@@H]2O[C@H](CO)[C@@H](O[C@@H]3O[C@H](CO[C@H]4O[C@H](CO)[C@@H](O)[C@H](O[C@H]5O[C@H](CO)[C@@H](O)[C@H](O)[C@@H]5O)[C@@H]4O)[C@@H](O)[C@H](O[C@H]4O[C@H](CO)[C@@H](O)[C@H](O)[C@@H]4O[C@@H]4O[C@H](CO)[C@@H](O[C@@H]5O[C@H](CO[C@]6(C(=O)O)C[C@H](O)[C@@H](NC(C)=O)[C@H]([C@H](O)[C@H](O)CO)O6)[C@H](O)[C@H](O)[C@H]5O)[C@H](O)[C@H]4NC(C)=O)[C@@H]3O)[C@H](O)[C@H]2NC(C)=O)[C@@H](CO)O[C@@H]1O. The fourth-order valence-electron chi connectivity index (χ4n) is 15.1. The van der Waals surface area contributed by atoms with Gasteiger partial charge in [-0.05, 0) is 0 Å². The van der Waals surface area contributed by atoms with Crippen LogP contribution in [0, 0.1) is 0 Å². The summed E-state index contributed by atoms with van der Waals surface area (Å²) in [6, 6.07) is -7.34. The molecule has 53 nitrogen and oxygen atoms in total. The molecule has 4 amide bonds. The van der Waals surface area contributed by atoms with E-state index in [-0.39, 0.29) is 0 Å². The van der Waals surface area contributed by atoms with E-state index in [4.69, 9.17) is 80.5 Å². The molecular weight excluding hydrogens is 1620 g/mol. The van der Waals surface area contributed by atoms with Gasteiger partial charge in [-0.1, -0.05) is 0 Å². The first-order valence-corrected chi connectivity index (χ1v) is 37.3. The molecule has 0 aromatic heterocycles. The van der Waals surface area contributed by atoms with E-state index in [2.05, 4.69) is 21.3 Å². The van der Waals surface area contributed by atoms with Crippen LogP contribution in [-0.2, 0) is 104 Å². The van der Waals surface area contributed by atoms with Crippen molar-refractivity contribution in [3.63, 3.8) is 0 Å². The Morgan fingerprint density at radius 1 is 0.347 bits per heavy atom. The standard InChI is InChI=1S/C65H108N4O49/c1-15(77)66-29-19(81)5-65(64(100)101,118-52(29)33(83)20(82)6-70)103-14-28-36(86)43(93)46(96)61(111-28)113-50-25(11-75)109-58(32(41(50)91)69-18(4)80)117-55-44(94)35(85)22(8-72)107-63(55)116-54-38(88)27(13-102-59-47(97)53(37(87)23(9-73)105-59)115-60-45(95)42(92)34(84)21(7-71)106-60)110-62(48(54)98)114-51-26(12-76)108-57(31(40(51)90)68-17(3)79)112-49-24(10-74)104-56(99)30(39(49)89)67-16(2)78/h19-63,70-76,81-99H,5-14H2,1-4H3,(H,66,77)(H,67,78)(H,68,79)(H,69,80)(H,100,101)/t19-,20+,21+,22+,23+,24+,25+,26+,27+,28+,29+,30+,31+,32+,33+,34+,35+,36-,37+,38+,39+,40+,41+,42-,43-,44-,45-,46+,47-,48-,49+,50+,51+,52+,53-,54-,55-,56-,57-,58-,59-,60+,61-,62-,63+,65+/m0/s1. The van der Waals surface area contributed by atoms with E-state index in [0.717, 1.165) is 27.7 Å². The predicted octanol–water partition coefficient (Wildman–Crippen LogP) is -20.8. The monoisotopic (exact) mass is 1730 g/mol. The minimum Gasteiger partial charge on any atom is -0.477 e. The summed E-state index contributed by atoms with van der Waals surface area (Å²) >= 11 is 0. The van der Waals surface area contributed by atoms with E-state index in [0.29, 0.717) is 0 Å². The Labute approximate surface area is 666 Å². The smallest absolute Gasteiger partial charge is 0.364 e. The number of carboxylic acids is 1. The number of hydrogen-bond donors (Lipinski definition) is 31. The molecule has 9 aliphatic rings. The number of aliphatic hydroxyl groups excluding tert-OH is 26. The Morgan fingerprint density at radius 2 is 0.686 bits per heavy atom. The maximum absolute atomic E-state index is 13.1. The Morgan fingerprint density at radius 3 is 1.15 bits per heavy atom. The summed E-state index contributed by atoms with van der Waals surface area (Å²) in [5, 5.41) is 308. The summed E-state index contributed by atoms with van der Waals surface area (Å²) in [5.41, 5.74) is 0. The summed E-state index contributed by atoms with van der Waals surface area (Å²) in [4.78, 5) is 63.3. The van der Waals surface area contributed by atoms with Crippen molar-refractivity contribution < 1.29 is 242 Å². The lowest BCUT2D eigenvalue weighted by Crippen LogP contribution is -2.71. The van der Waals surface area contributed by atoms with Crippen LogP contribution in [-0.4, -0.2) is 509 Å². The van der Waals surface area contributed by atoms with Gasteiger partial charge in [0.15, 0.2) is 50.3 Å². The summed E-state index contributed by atoms with van der Waals surface area (Å²) in [6.07, 6.45) is -89.2. The zero-order chi connectivity index (χ0) is 87.3. The van der Waals surface area contributed by atoms with Gasteiger partial charge < -0.3 is 240 Å². The lowest BCUT2D eigenvalue weighted by atomic mass is 9.88. The van der Waals surface area contributed by atoms with E-state index in [1.807, 2.05) is 0 Å². The Hall–Kier alpha value is -4.37. The van der Waals surface area contributed by atoms with Crippen LogP contribution in [0.2, 0.25) is 0 Å². The van der Waals surface area contributed by atoms with E-state index in [1.54, 1.807) is 0 Å². The third-order valence-electron chi connectivity index (χ3n) is 21.3.